The second-order valence-electron chi connectivity index (χ2n) is 6.69. The minimum Gasteiger partial charge on any atom is -0.288 e. The Morgan fingerprint density at radius 3 is 2.27 bits per heavy atom. The van der Waals surface area contributed by atoms with Crippen LogP contribution in [0.15, 0.2) is 48.5 Å². The average molecular weight is 374 g/mol. The Morgan fingerprint density at radius 1 is 1.00 bits per heavy atom. The van der Waals surface area contributed by atoms with Crippen LogP contribution in [0.25, 0.3) is 0 Å². The predicted molar refractivity (Wildman–Crippen MR) is 98.8 cm³/mol. The molecule has 2 unspecified atom stereocenters. The molecule has 4 rings (SSSR count). The first-order valence-corrected chi connectivity index (χ1v) is 10.4. The second kappa shape index (κ2) is 6.09. The van der Waals surface area contributed by atoms with Gasteiger partial charge in [0.2, 0.25) is 0 Å². The minimum atomic E-state index is -3.25. The van der Waals surface area contributed by atoms with Crippen LogP contribution in [0.2, 0.25) is 0 Å². The van der Waals surface area contributed by atoms with Crippen molar-refractivity contribution in [3.05, 3.63) is 59.9 Å². The third-order valence-corrected chi connectivity index (χ3v) is 6.80. The summed E-state index contributed by atoms with van der Waals surface area (Å²) in [7, 11) is -3.25. The van der Waals surface area contributed by atoms with Crippen molar-refractivity contribution in [1.29, 1.82) is 0 Å². The van der Waals surface area contributed by atoms with E-state index in [2.05, 4.69) is 0 Å². The molecule has 0 aliphatic carbocycles. The number of para-hydroxylation sites is 1. The van der Waals surface area contributed by atoms with Gasteiger partial charge in [0.15, 0.2) is 9.84 Å². The number of benzene rings is 2. The molecule has 0 spiro atoms. The van der Waals surface area contributed by atoms with Gasteiger partial charge in [0.25, 0.3) is 0 Å². The molecule has 2 aliphatic heterocycles. The summed E-state index contributed by atoms with van der Waals surface area (Å²) < 4.78 is 37.9. The van der Waals surface area contributed by atoms with Crippen molar-refractivity contribution in [2.45, 2.75) is 25.4 Å². The molecule has 2 heterocycles. The fourth-order valence-corrected chi connectivity index (χ4v) is 5.85. The molecule has 0 N–H and O–H groups in total. The van der Waals surface area contributed by atoms with Crippen LogP contribution >= 0.6 is 0 Å². The molecular formula is C19H19FN2O3S. The van der Waals surface area contributed by atoms with Crippen LogP contribution in [-0.4, -0.2) is 38.0 Å². The predicted octanol–water partition coefficient (Wildman–Crippen LogP) is 3.00. The molecular weight excluding hydrogens is 355 g/mol. The summed E-state index contributed by atoms with van der Waals surface area (Å²) in [6.45, 7) is 2.00. The monoisotopic (exact) mass is 374 g/mol. The Bertz CT molecular complexity index is 959. The number of sulfone groups is 1. The van der Waals surface area contributed by atoms with Gasteiger partial charge in [-0.2, -0.15) is 0 Å². The lowest BCUT2D eigenvalue weighted by Crippen LogP contribution is -2.38. The molecule has 0 radical (unpaired) electrons. The SMILES string of the molecule is CCc1ccccc1N1C(=O)N(c2ccc(F)cc2)C2CS(=O)(=O)CC21. The van der Waals surface area contributed by atoms with Crippen molar-refractivity contribution in [3.63, 3.8) is 0 Å². The van der Waals surface area contributed by atoms with Gasteiger partial charge in [0.1, 0.15) is 5.82 Å². The highest BCUT2D eigenvalue weighted by Crippen LogP contribution is 2.39. The first kappa shape index (κ1) is 17.0. The number of fused-ring (bicyclic) bond motifs is 1. The highest BCUT2D eigenvalue weighted by molar-refractivity contribution is 7.91. The Balaban J connectivity index is 1.83. The van der Waals surface area contributed by atoms with Crippen LogP contribution in [0.5, 0.6) is 0 Å². The molecule has 2 aliphatic rings. The molecule has 136 valence electrons. The van der Waals surface area contributed by atoms with Gasteiger partial charge >= 0.3 is 6.03 Å². The highest BCUT2D eigenvalue weighted by atomic mass is 32.2. The fourth-order valence-electron chi connectivity index (χ4n) is 3.93. The number of urea groups is 1. The quantitative estimate of drug-likeness (QED) is 0.776. The summed E-state index contributed by atoms with van der Waals surface area (Å²) in [5.74, 6) is -0.533. The van der Waals surface area contributed by atoms with E-state index in [4.69, 9.17) is 0 Å². The number of halogens is 1. The molecule has 2 atom stereocenters. The maximum absolute atomic E-state index is 13.3. The molecule has 2 fully saturated rings. The zero-order chi connectivity index (χ0) is 18.5. The number of carbonyl (C=O) groups is 1. The molecule has 2 amide bonds. The molecule has 7 heteroatoms. The van der Waals surface area contributed by atoms with Gasteiger partial charge in [-0.1, -0.05) is 25.1 Å². The lowest BCUT2D eigenvalue weighted by atomic mass is 10.1. The highest BCUT2D eigenvalue weighted by Gasteiger charge is 2.54. The van der Waals surface area contributed by atoms with Gasteiger partial charge in [-0.25, -0.2) is 17.6 Å². The largest absolute Gasteiger partial charge is 0.329 e. The first-order chi connectivity index (χ1) is 12.4. The van der Waals surface area contributed by atoms with Crippen LogP contribution in [0.4, 0.5) is 20.6 Å². The first-order valence-electron chi connectivity index (χ1n) is 8.57. The van der Waals surface area contributed by atoms with Crippen LogP contribution < -0.4 is 9.80 Å². The summed E-state index contributed by atoms with van der Waals surface area (Å²) in [5.41, 5.74) is 2.25. The number of nitrogens with zero attached hydrogens (tertiary/aromatic N) is 2. The van der Waals surface area contributed by atoms with E-state index in [9.17, 15) is 17.6 Å². The van der Waals surface area contributed by atoms with Crippen LogP contribution in [-0.2, 0) is 16.3 Å². The number of hydrogen-bond acceptors (Lipinski definition) is 3. The standard InChI is InChI=1S/C19H19FN2O3S/c1-2-13-5-3-4-6-16(13)22-18-12-26(24,25)11-17(18)21(19(22)23)15-9-7-14(20)8-10-15/h3-10,17-18H,2,11-12H2,1H3. The van der Waals surface area contributed by atoms with E-state index in [1.807, 2.05) is 31.2 Å². The van der Waals surface area contributed by atoms with Crippen LogP contribution in [0, 0.1) is 5.82 Å². The van der Waals surface area contributed by atoms with Crippen molar-refractivity contribution in [2.75, 3.05) is 21.3 Å². The van der Waals surface area contributed by atoms with Gasteiger partial charge in [-0.05, 0) is 42.3 Å². The normalized spacial score (nSPS) is 24.2. The molecule has 2 aromatic rings. The number of carbonyl (C=O) groups excluding carboxylic acids is 1. The molecule has 0 bridgehead atoms. The molecule has 2 aromatic carbocycles. The Morgan fingerprint density at radius 2 is 1.62 bits per heavy atom. The van der Waals surface area contributed by atoms with Gasteiger partial charge < -0.3 is 0 Å². The second-order valence-corrected chi connectivity index (χ2v) is 8.85. The molecule has 26 heavy (non-hydrogen) atoms. The summed E-state index contributed by atoms with van der Waals surface area (Å²) in [6.07, 6.45) is 0.737. The number of anilines is 2. The summed E-state index contributed by atoms with van der Waals surface area (Å²) in [6, 6.07) is 12.0. The van der Waals surface area contributed by atoms with Gasteiger partial charge in [0.05, 0.1) is 23.6 Å². The number of amides is 2. The summed E-state index contributed by atoms with van der Waals surface area (Å²) >= 11 is 0. The van der Waals surface area contributed by atoms with E-state index < -0.39 is 27.7 Å². The van der Waals surface area contributed by atoms with Crippen molar-refractivity contribution >= 4 is 27.2 Å². The van der Waals surface area contributed by atoms with Crippen LogP contribution in [0.1, 0.15) is 12.5 Å². The average Bonchev–Trinajstić information content (AvgIpc) is 3.04. The smallest absolute Gasteiger partial charge is 0.288 e. The summed E-state index contributed by atoms with van der Waals surface area (Å²) in [4.78, 5) is 16.4. The van der Waals surface area contributed by atoms with E-state index in [-0.39, 0.29) is 17.5 Å². The van der Waals surface area contributed by atoms with Gasteiger partial charge in [0, 0.05) is 11.4 Å². The number of hydrogen-bond donors (Lipinski definition) is 0. The van der Waals surface area contributed by atoms with E-state index in [0.29, 0.717) is 5.69 Å². The van der Waals surface area contributed by atoms with Crippen molar-refractivity contribution in [3.8, 4) is 0 Å². The number of aryl methyl sites for hydroxylation is 1. The topological polar surface area (TPSA) is 57.7 Å². The molecule has 5 nitrogen and oxygen atoms in total. The van der Waals surface area contributed by atoms with Crippen molar-refractivity contribution in [1.82, 2.24) is 0 Å². The van der Waals surface area contributed by atoms with Crippen molar-refractivity contribution in [2.24, 2.45) is 0 Å². The van der Waals surface area contributed by atoms with E-state index in [1.165, 1.54) is 29.2 Å². The van der Waals surface area contributed by atoms with Gasteiger partial charge in [-0.3, -0.25) is 9.80 Å². The minimum absolute atomic E-state index is 0.0564. The number of rotatable bonds is 3. The Kier molecular flexibility index (Phi) is 3.99. The maximum atomic E-state index is 13.3. The third kappa shape index (κ3) is 2.67. The zero-order valence-electron chi connectivity index (χ0n) is 14.3. The van der Waals surface area contributed by atoms with E-state index in [1.54, 1.807) is 4.90 Å². The molecule has 0 saturated carbocycles. The van der Waals surface area contributed by atoms with Gasteiger partial charge in [-0.15, -0.1) is 0 Å². The molecule has 0 aromatic heterocycles. The Hall–Kier alpha value is -2.41. The molecule has 2 saturated heterocycles. The lowest BCUT2D eigenvalue weighted by Gasteiger charge is -2.24. The van der Waals surface area contributed by atoms with Crippen molar-refractivity contribution < 1.29 is 17.6 Å². The summed E-state index contributed by atoms with van der Waals surface area (Å²) in [5, 5.41) is 0. The van der Waals surface area contributed by atoms with E-state index in [0.717, 1.165) is 17.7 Å². The lowest BCUT2D eigenvalue weighted by molar-refractivity contribution is 0.255. The van der Waals surface area contributed by atoms with Crippen LogP contribution in [0.3, 0.4) is 0 Å². The van der Waals surface area contributed by atoms with E-state index >= 15 is 0 Å². The zero-order valence-corrected chi connectivity index (χ0v) is 15.1. The maximum Gasteiger partial charge on any atom is 0.329 e. The Labute approximate surface area is 152 Å². The third-order valence-electron chi connectivity index (χ3n) is 5.11. The fraction of sp³-hybridized carbons (Fsp3) is 0.316.